The van der Waals surface area contributed by atoms with Gasteiger partial charge in [0.25, 0.3) is 5.69 Å². The lowest BCUT2D eigenvalue weighted by Crippen LogP contribution is -2.08. The van der Waals surface area contributed by atoms with Crippen molar-refractivity contribution in [2.24, 2.45) is 0 Å². The number of anilines is 1. The molecule has 1 N–H and O–H groups in total. The van der Waals surface area contributed by atoms with Gasteiger partial charge in [0.05, 0.1) is 15.6 Å². The van der Waals surface area contributed by atoms with Gasteiger partial charge in [0.15, 0.2) is 0 Å². The van der Waals surface area contributed by atoms with Crippen LogP contribution in [0.3, 0.4) is 0 Å². The molecule has 0 aliphatic heterocycles. The molecular formula is C17H13ClF2N2O4. The lowest BCUT2D eigenvalue weighted by molar-refractivity contribution is -0.384. The lowest BCUT2D eigenvalue weighted by atomic mass is 10.1. The average Bonchev–Trinajstić information content (AvgIpc) is 2.56. The first-order valence-corrected chi connectivity index (χ1v) is 7.62. The summed E-state index contributed by atoms with van der Waals surface area (Å²) < 4.78 is 29.2. The highest BCUT2D eigenvalue weighted by Gasteiger charge is 2.13. The van der Waals surface area contributed by atoms with E-state index in [-0.39, 0.29) is 17.0 Å². The largest absolute Gasteiger partial charge is 0.434 e. The van der Waals surface area contributed by atoms with Crippen LogP contribution in [0.25, 0.3) is 6.08 Å². The summed E-state index contributed by atoms with van der Waals surface area (Å²) in [5, 5.41) is 13.7. The molecule has 2 rings (SSSR count). The number of nitro groups is 1. The van der Waals surface area contributed by atoms with Crippen molar-refractivity contribution in [3.63, 3.8) is 0 Å². The highest BCUT2D eigenvalue weighted by atomic mass is 35.5. The number of nitro benzene ring substituents is 1. The molecule has 2 aromatic carbocycles. The Labute approximate surface area is 152 Å². The van der Waals surface area contributed by atoms with Crippen LogP contribution < -0.4 is 10.1 Å². The van der Waals surface area contributed by atoms with Crippen LogP contribution in [0.2, 0.25) is 5.02 Å². The van der Waals surface area contributed by atoms with Crippen molar-refractivity contribution in [1.29, 1.82) is 0 Å². The van der Waals surface area contributed by atoms with E-state index in [0.29, 0.717) is 10.7 Å². The third-order valence-corrected chi connectivity index (χ3v) is 3.53. The lowest BCUT2D eigenvalue weighted by Gasteiger charge is -2.08. The van der Waals surface area contributed by atoms with Crippen LogP contribution in [0.15, 0.2) is 42.5 Å². The summed E-state index contributed by atoms with van der Waals surface area (Å²) in [6.07, 6.45) is 2.18. The predicted molar refractivity (Wildman–Crippen MR) is 93.6 cm³/mol. The van der Waals surface area contributed by atoms with Crippen LogP contribution in [0, 0.1) is 17.0 Å². The molecule has 26 heavy (non-hydrogen) atoms. The smallest absolute Gasteiger partial charge is 0.387 e. The standard InChI is InChI=1S/C17H13ClF2N2O4/c1-10-2-5-14(13(18)8-10)21-16(23)7-3-11-9-12(22(24)25)4-6-15(11)26-17(19)20/h2-9,17H,1H3,(H,21,23)/b7-3+. The second-order valence-corrected chi connectivity index (χ2v) is 5.57. The fraction of sp³-hybridized carbons (Fsp3) is 0.118. The van der Waals surface area contributed by atoms with Gasteiger partial charge in [-0.25, -0.2) is 0 Å². The van der Waals surface area contributed by atoms with E-state index in [2.05, 4.69) is 10.1 Å². The van der Waals surface area contributed by atoms with Gasteiger partial charge < -0.3 is 10.1 Å². The zero-order valence-corrected chi connectivity index (χ0v) is 14.2. The number of carbonyl (C=O) groups is 1. The van der Waals surface area contributed by atoms with Crippen molar-refractivity contribution >= 4 is 35.0 Å². The van der Waals surface area contributed by atoms with Crippen molar-refractivity contribution in [3.8, 4) is 5.75 Å². The number of halogens is 3. The van der Waals surface area contributed by atoms with Crippen LogP contribution in [-0.2, 0) is 4.79 Å². The molecule has 0 aromatic heterocycles. The molecule has 9 heteroatoms. The van der Waals surface area contributed by atoms with Crippen LogP contribution in [-0.4, -0.2) is 17.4 Å². The van der Waals surface area contributed by atoms with Gasteiger partial charge in [-0.15, -0.1) is 0 Å². The maximum absolute atomic E-state index is 12.4. The minimum absolute atomic E-state index is 0.0374. The molecule has 2 aromatic rings. The highest BCUT2D eigenvalue weighted by Crippen LogP contribution is 2.27. The van der Waals surface area contributed by atoms with Gasteiger partial charge in [-0.2, -0.15) is 8.78 Å². The average molecular weight is 383 g/mol. The summed E-state index contributed by atoms with van der Waals surface area (Å²) in [6.45, 7) is -1.27. The molecule has 0 atom stereocenters. The molecule has 0 radical (unpaired) electrons. The first-order chi connectivity index (χ1) is 12.3. The number of hydrogen-bond donors (Lipinski definition) is 1. The summed E-state index contributed by atoms with van der Waals surface area (Å²) in [5.41, 5.74) is 0.918. The van der Waals surface area contributed by atoms with E-state index in [1.165, 1.54) is 0 Å². The maximum Gasteiger partial charge on any atom is 0.387 e. The summed E-state index contributed by atoms with van der Waals surface area (Å²) in [7, 11) is 0. The van der Waals surface area contributed by atoms with Crippen LogP contribution in [0.4, 0.5) is 20.2 Å². The number of hydrogen-bond acceptors (Lipinski definition) is 4. The van der Waals surface area contributed by atoms with E-state index < -0.39 is 17.4 Å². The van der Waals surface area contributed by atoms with Gasteiger partial charge in [0.1, 0.15) is 5.75 Å². The van der Waals surface area contributed by atoms with E-state index >= 15 is 0 Å². The summed E-state index contributed by atoms with van der Waals surface area (Å²) in [4.78, 5) is 22.1. The van der Waals surface area contributed by atoms with Crippen LogP contribution in [0.5, 0.6) is 5.75 Å². The fourth-order valence-corrected chi connectivity index (χ4v) is 2.33. The van der Waals surface area contributed by atoms with E-state index in [4.69, 9.17) is 11.6 Å². The van der Waals surface area contributed by atoms with Gasteiger partial charge in [0, 0.05) is 23.8 Å². The fourth-order valence-electron chi connectivity index (χ4n) is 2.04. The van der Waals surface area contributed by atoms with E-state index in [9.17, 15) is 23.7 Å². The molecule has 0 saturated carbocycles. The van der Waals surface area contributed by atoms with E-state index in [1.54, 1.807) is 18.2 Å². The van der Waals surface area contributed by atoms with Gasteiger partial charge >= 0.3 is 6.61 Å². The summed E-state index contributed by atoms with van der Waals surface area (Å²) in [6, 6.07) is 8.12. The minimum Gasteiger partial charge on any atom is -0.434 e. The van der Waals surface area contributed by atoms with Gasteiger partial charge in [-0.3, -0.25) is 14.9 Å². The molecule has 0 unspecified atom stereocenters. The molecule has 0 spiro atoms. The van der Waals surface area contributed by atoms with Crippen molar-refractivity contribution in [2.45, 2.75) is 13.5 Å². The third-order valence-electron chi connectivity index (χ3n) is 3.22. The molecule has 0 bridgehead atoms. The number of rotatable bonds is 6. The van der Waals surface area contributed by atoms with Gasteiger partial charge in [0.2, 0.25) is 5.91 Å². The van der Waals surface area contributed by atoms with Gasteiger partial charge in [-0.1, -0.05) is 17.7 Å². The molecule has 136 valence electrons. The third kappa shape index (κ3) is 5.25. The molecule has 0 heterocycles. The Morgan fingerprint density at radius 3 is 2.65 bits per heavy atom. The summed E-state index contributed by atoms with van der Waals surface area (Å²) >= 11 is 6.01. The van der Waals surface area contributed by atoms with Crippen molar-refractivity contribution in [2.75, 3.05) is 5.32 Å². The Hall–Kier alpha value is -3.00. The summed E-state index contributed by atoms with van der Waals surface area (Å²) in [5.74, 6) is -0.881. The van der Waals surface area contributed by atoms with Crippen LogP contribution >= 0.6 is 11.6 Å². The number of carbonyl (C=O) groups excluding carboxylic acids is 1. The van der Waals surface area contributed by atoms with Crippen LogP contribution in [0.1, 0.15) is 11.1 Å². The monoisotopic (exact) mass is 382 g/mol. The number of non-ortho nitro benzene ring substituents is 1. The van der Waals surface area contributed by atoms with Crippen molar-refractivity contribution in [1.82, 2.24) is 0 Å². The number of nitrogens with one attached hydrogen (secondary N) is 1. The molecule has 0 fully saturated rings. The topological polar surface area (TPSA) is 81.5 Å². The number of amides is 1. The number of benzene rings is 2. The molecule has 6 nitrogen and oxygen atoms in total. The maximum atomic E-state index is 12.4. The highest BCUT2D eigenvalue weighted by molar-refractivity contribution is 6.33. The SMILES string of the molecule is Cc1ccc(NC(=O)/C=C/c2cc([N+](=O)[O-])ccc2OC(F)F)c(Cl)c1. The number of ether oxygens (including phenoxy) is 1. The zero-order valence-electron chi connectivity index (χ0n) is 13.4. The second-order valence-electron chi connectivity index (χ2n) is 5.16. The molecule has 1 amide bonds. The number of alkyl halides is 2. The van der Waals surface area contributed by atoms with E-state index in [1.807, 2.05) is 6.92 Å². The predicted octanol–water partition coefficient (Wildman–Crippen LogP) is 4.81. The molecule has 0 aliphatic rings. The van der Waals surface area contributed by atoms with Crippen molar-refractivity contribution < 1.29 is 23.2 Å². The Bertz CT molecular complexity index is 872. The minimum atomic E-state index is -3.11. The number of nitrogens with zero attached hydrogens (tertiary/aromatic N) is 1. The molecule has 0 saturated heterocycles. The second kappa shape index (κ2) is 8.39. The molecule has 0 aliphatic carbocycles. The normalized spacial score (nSPS) is 11.0. The van der Waals surface area contributed by atoms with Crippen molar-refractivity contribution in [3.05, 3.63) is 68.7 Å². The zero-order chi connectivity index (χ0) is 19.3. The number of aryl methyl sites for hydroxylation is 1. The first kappa shape index (κ1) is 19.3. The Kier molecular flexibility index (Phi) is 6.24. The Balaban J connectivity index is 2.22. The first-order valence-electron chi connectivity index (χ1n) is 7.24. The Morgan fingerprint density at radius 1 is 1.31 bits per heavy atom. The quantitative estimate of drug-likeness (QED) is 0.441. The molecular weight excluding hydrogens is 370 g/mol. The van der Waals surface area contributed by atoms with E-state index in [0.717, 1.165) is 35.9 Å². The van der Waals surface area contributed by atoms with Gasteiger partial charge in [-0.05, 0) is 36.8 Å². The Morgan fingerprint density at radius 2 is 2.04 bits per heavy atom.